The van der Waals surface area contributed by atoms with Gasteiger partial charge in [0, 0.05) is 12.1 Å². The molecule has 0 radical (unpaired) electrons. The number of rotatable bonds is 4. The maximum Gasteiger partial charge on any atom is 0.203 e. The molecule has 0 unspecified atom stereocenters. The summed E-state index contributed by atoms with van der Waals surface area (Å²) in [7, 11) is 1.52. The second-order valence-electron chi connectivity index (χ2n) is 3.80. The predicted molar refractivity (Wildman–Crippen MR) is 66.3 cm³/mol. The van der Waals surface area contributed by atoms with Gasteiger partial charge in [-0.3, -0.25) is 0 Å². The van der Waals surface area contributed by atoms with Crippen LogP contribution < -0.4 is 15.8 Å². The summed E-state index contributed by atoms with van der Waals surface area (Å²) >= 11 is 0. The highest BCUT2D eigenvalue weighted by molar-refractivity contribution is 5.61. The average molecular weight is 249 g/mol. The van der Waals surface area contributed by atoms with Crippen LogP contribution in [0.25, 0.3) is 0 Å². The van der Waals surface area contributed by atoms with Crippen LogP contribution in [0.3, 0.4) is 0 Å². The first kappa shape index (κ1) is 12.2. The molecule has 0 atom stereocenters. The van der Waals surface area contributed by atoms with Crippen LogP contribution in [0.15, 0.2) is 10.9 Å². The molecule has 0 amide bonds. The number of ether oxygens (including phenoxy) is 1. The highest BCUT2D eigenvalue weighted by Crippen LogP contribution is 2.27. The molecule has 0 bridgehead atoms. The molecule has 96 valence electrons. The molecule has 0 fully saturated rings. The largest absolute Gasteiger partial charge is 0.490 e. The van der Waals surface area contributed by atoms with Gasteiger partial charge in [-0.05, 0) is 13.8 Å². The van der Waals surface area contributed by atoms with Crippen LogP contribution in [-0.4, -0.2) is 22.2 Å². The highest BCUT2D eigenvalue weighted by atomic mass is 16.5. The smallest absolute Gasteiger partial charge is 0.203 e. The van der Waals surface area contributed by atoms with E-state index >= 15 is 0 Å². The Hall–Kier alpha value is -2.31. The number of aryl methyl sites for hydroxylation is 2. The van der Waals surface area contributed by atoms with Gasteiger partial charge in [0.15, 0.2) is 11.6 Å². The Kier molecular flexibility index (Phi) is 3.31. The van der Waals surface area contributed by atoms with Crippen LogP contribution in [0.5, 0.6) is 5.75 Å². The van der Waals surface area contributed by atoms with Gasteiger partial charge in [0.1, 0.15) is 12.1 Å². The lowest BCUT2D eigenvalue weighted by Gasteiger charge is -2.10. The summed E-state index contributed by atoms with van der Waals surface area (Å²) in [5, 5.41) is 7.02. The van der Waals surface area contributed by atoms with Crippen molar-refractivity contribution in [2.24, 2.45) is 0 Å². The minimum absolute atomic E-state index is 0.300. The Morgan fingerprint density at radius 2 is 2.17 bits per heavy atom. The van der Waals surface area contributed by atoms with Crippen LogP contribution in [0, 0.1) is 13.8 Å². The lowest BCUT2D eigenvalue weighted by atomic mass is 10.2. The van der Waals surface area contributed by atoms with Crippen LogP contribution in [0.2, 0.25) is 0 Å². The third-order valence-electron chi connectivity index (χ3n) is 2.65. The molecule has 7 heteroatoms. The van der Waals surface area contributed by atoms with Crippen molar-refractivity contribution in [1.82, 2.24) is 15.1 Å². The molecule has 2 aromatic rings. The normalized spacial score (nSPS) is 10.4. The van der Waals surface area contributed by atoms with E-state index in [2.05, 4.69) is 20.4 Å². The van der Waals surface area contributed by atoms with Crippen molar-refractivity contribution >= 4 is 11.6 Å². The van der Waals surface area contributed by atoms with Crippen molar-refractivity contribution in [1.29, 1.82) is 0 Å². The van der Waals surface area contributed by atoms with E-state index in [1.165, 1.54) is 13.4 Å². The van der Waals surface area contributed by atoms with Crippen molar-refractivity contribution < 1.29 is 9.26 Å². The van der Waals surface area contributed by atoms with E-state index in [-0.39, 0.29) is 0 Å². The van der Waals surface area contributed by atoms with Gasteiger partial charge in [-0.2, -0.15) is 0 Å². The number of nitrogens with zero attached hydrogens (tertiary/aromatic N) is 3. The molecule has 18 heavy (non-hydrogen) atoms. The van der Waals surface area contributed by atoms with E-state index in [9.17, 15) is 0 Å². The van der Waals surface area contributed by atoms with E-state index in [0.29, 0.717) is 23.9 Å². The molecule has 2 rings (SSSR count). The zero-order valence-electron chi connectivity index (χ0n) is 10.5. The Labute approximate surface area is 104 Å². The monoisotopic (exact) mass is 249 g/mol. The summed E-state index contributed by atoms with van der Waals surface area (Å²) in [6, 6.07) is 0. The fraction of sp³-hybridized carbons (Fsp3) is 0.364. The number of nitrogens with two attached hydrogens (primary N) is 1. The van der Waals surface area contributed by atoms with Crippen molar-refractivity contribution in [2.75, 3.05) is 18.2 Å². The first-order valence-corrected chi connectivity index (χ1v) is 5.43. The molecule has 0 aliphatic heterocycles. The highest BCUT2D eigenvalue weighted by Gasteiger charge is 2.12. The summed E-state index contributed by atoms with van der Waals surface area (Å²) in [5.41, 5.74) is 7.54. The number of hydrogen-bond acceptors (Lipinski definition) is 7. The molecule has 0 saturated heterocycles. The maximum atomic E-state index is 5.69. The molecule has 0 aliphatic carbocycles. The van der Waals surface area contributed by atoms with Crippen molar-refractivity contribution in [3.8, 4) is 5.75 Å². The Bertz CT molecular complexity index is 533. The minimum atomic E-state index is 0.300. The SMILES string of the molecule is COc1c(N)ncnc1NCc1c(C)noc1C. The molecular weight excluding hydrogens is 234 g/mol. The molecule has 7 nitrogen and oxygen atoms in total. The molecule has 0 spiro atoms. The van der Waals surface area contributed by atoms with Gasteiger partial charge in [-0.15, -0.1) is 0 Å². The first-order chi connectivity index (χ1) is 8.63. The standard InChI is InChI=1S/C11H15N5O2/c1-6-8(7(2)18-16-6)4-13-11-9(17-3)10(12)14-5-15-11/h5H,4H2,1-3H3,(H3,12,13,14,15). The molecular formula is C11H15N5O2. The van der Waals surface area contributed by atoms with Gasteiger partial charge < -0.3 is 20.3 Å². The lowest BCUT2D eigenvalue weighted by molar-refractivity contribution is 0.392. The summed E-state index contributed by atoms with van der Waals surface area (Å²) in [4.78, 5) is 7.95. The van der Waals surface area contributed by atoms with Gasteiger partial charge in [-0.1, -0.05) is 5.16 Å². The number of methoxy groups -OCH3 is 1. The van der Waals surface area contributed by atoms with E-state index in [1.54, 1.807) is 0 Å². The van der Waals surface area contributed by atoms with Gasteiger partial charge in [0.25, 0.3) is 0 Å². The number of nitrogens with one attached hydrogen (secondary N) is 1. The Morgan fingerprint density at radius 3 is 2.78 bits per heavy atom. The van der Waals surface area contributed by atoms with Gasteiger partial charge in [-0.25, -0.2) is 9.97 Å². The second-order valence-corrected chi connectivity index (χ2v) is 3.80. The third kappa shape index (κ3) is 2.20. The first-order valence-electron chi connectivity index (χ1n) is 5.43. The van der Waals surface area contributed by atoms with Crippen molar-refractivity contribution in [2.45, 2.75) is 20.4 Å². The zero-order valence-corrected chi connectivity index (χ0v) is 10.5. The molecule has 2 heterocycles. The minimum Gasteiger partial charge on any atom is -0.490 e. The summed E-state index contributed by atoms with van der Waals surface area (Å²) in [6.07, 6.45) is 1.38. The van der Waals surface area contributed by atoms with Crippen LogP contribution in [0.4, 0.5) is 11.6 Å². The van der Waals surface area contributed by atoms with E-state index < -0.39 is 0 Å². The molecule has 3 N–H and O–H groups in total. The van der Waals surface area contributed by atoms with Crippen LogP contribution in [-0.2, 0) is 6.54 Å². The summed E-state index contributed by atoms with van der Waals surface area (Å²) in [6.45, 7) is 4.29. The zero-order chi connectivity index (χ0) is 13.1. The molecule has 0 saturated carbocycles. The van der Waals surface area contributed by atoms with Gasteiger partial charge in [0.2, 0.25) is 5.75 Å². The Morgan fingerprint density at radius 1 is 1.39 bits per heavy atom. The number of hydrogen-bond donors (Lipinski definition) is 2. The van der Waals surface area contributed by atoms with Crippen LogP contribution >= 0.6 is 0 Å². The number of aromatic nitrogens is 3. The van der Waals surface area contributed by atoms with Crippen molar-refractivity contribution in [3.63, 3.8) is 0 Å². The fourth-order valence-corrected chi connectivity index (χ4v) is 1.64. The fourth-order valence-electron chi connectivity index (χ4n) is 1.64. The number of nitrogen functional groups attached to an aromatic ring is 1. The van der Waals surface area contributed by atoms with E-state index in [4.69, 9.17) is 15.0 Å². The maximum absolute atomic E-state index is 5.69. The van der Waals surface area contributed by atoms with E-state index in [1.807, 2.05) is 13.8 Å². The third-order valence-corrected chi connectivity index (χ3v) is 2.65. The molecule has 2 aromatic heterocycles. The van der Waals surface area contributed by atoms with E-state index in [0.717, 1.165) is 17.0 Å². The molecule has 0 aromatic carbocycles. The van der Waals surface area contributed by atoms with Crippen molar-refractivity contribution in [3.05, 3.63) is 23.3 Å². The second kappa shape index (κ2) is 4.91. The summed E-state index contributed by atoms with van der Waals surface area (Å²) in [5.74, 6) is 2.06. The predicted octanol–water partition coefficient (Wildman–Crippen LogP) is 1.28. The number of anilines is 2. The lowest BCUT2D eigenvalue weighted by Crippen LogP contribution is -2.07. The molecule has 0 aliphatic rings. The Balaban J connectivity index is 2.18. The summed E-state index contributed by atoms with van der Waals surface area (Å²) < 4.78 is 10.2. The quantitative estimate of drug-likeness (QED) is 0.842. The topological polar surface area (TPSA) is 99.1 Å². The average Bonchev–Trinajstić information content (AvgIpc) is 2.67. The van der Waals surface area contributed by atoms with Gasteiger partial charge in [0.05, 0.1) is 12.8 Å². The van der Waals surface area contributed by atoms with Crippen LogP contribution in [0.1, 0.15) is 17.0 Å². The van der Waals surface area contributed by atoms with Gasteiger partial charge >= 0.3 is 0 Å².